The van der Waals surface area contributed by atoms with Crippen LogP contribution in [0.15, 0.2) is 0 Å². The van der Waals surface area contributed by atoms with E-state index in [9.17, 15) is 8.42 Å². The van der Waals surface area contributed by atoms with Crippen LogP contribution in [0.4, 0.5) is 5.82 Å². The van der Waals surface area contributed by atoms with Crippen molar-refractivity contribution in [2.75, 3.05) is 43.4 Å². The summed E-state index contributed by atoms with van der Waals surface area (Å²) in [6.45, 7) is 6.87. The van der Waals surface area contributed by atoms with Crippen LogP contribution in [0.25, 0.3) is 0 Å². The SMILES string of the molecule is CCS(=O)(=O)NC1CCC2(CC1)CCN(C[C@@H]1CCN(c3nc(Cl)nnc3Cl)C1)CC2. The number of nitrogens with zero attached hydrogens (tertiary/aromatic N) is 5. The minimum Gasteiger partial charge on any atom is -0.354 e. The third-order valence-corrected chi connectivity index (χ3v) is 9.25. The van der Waals surface area contributed by atoms with Crippen molar-refractivity contribution in [1.29, 1.82) is 0 Å². The summed E-state index contributed by atoms with van der Waals surface area (Å²) in [5.41, 5.74) is 0.406. The van der Waals surface area contributed by atoms with E-state index >= 15 is 0 Å². The average molecular weight is 491 g/mol. The molecule has 1 saturated carbocycles. The zero-order chi connectivity index (χ0) is 22.1. The summed E-state index contributed by atoms with van der Waals surface area (Å²) in [5, 5.41) is 8.00. The normalized spacial score (nSPS) is 25.4. The van der Waals surface area contributed by atoms with Crippen LogP contribution in [-0.4, -0.2) is 73.0 Å². The van der Waals surface area contributed by atoms with E-state index < -0.39 is 10.0 Å². The Bertz CT molecular complexity index is 868. The third kappa shape index (κ3) is 5.79. The monoisotopic (exact) mass is 490 g/mol. The zero-order valence-electron chi connectivity index (χ0n) is 18.1. The van der Waals surface area contributed by atoms with Gasteiger partial charge in [0.1, 0.15) is 0 Å². The van der Waals surface area contributed by atoms with Crippen LogP contribution < -0.4 is 9.62 Å². The van der Waals surface area contributed by atoms with Crippen LogP contribution in [-0.2, 0) is 10.0 Å². The molecule has 3 heterocycles. The van der Waals surface area contributed by atoms with Crippen LogP contribution in [0.1, 0.15) is 51.9 Å². The van der Waals surface area contributed by atoms with Crippen LogP contribution in [0, 0.1) is 11.3 Å². The van der Waals surface area contributed by atoms with Crippen LogP contribution >= 0.6 is 23.2 Å². The first-order chi connectivity index (χ1) is 14.8. The summed E-state index contributed by atoms with van der Waals surface area (Å²) < 4.78 is 26.6. The molecule has 3 fully saturated rings. The summed E-state index contributed by atoms with van der Waals surface area (Å²) >= 11 is 12.1. The fourth-order valence-corrected chi connectivity index (χ4v) is 6.65. The zero-order valence-corrected chi connectivity index (χ0v) is 20.4. The highest BCUT2D eigenvalue weighted by Gasteiger charge is 2.39. The third-order valence-electron chi connectivity index (χ3n) is 7.39. The standard InChI is InChI=1S/C20H32Cl2N6O2S/c1-2-31(29,30)26-16-3-6-20(7-4-16)8-11-27(12-9-20)13-15-5-10-28(14-15)18-17(21)24-25-19(22)23-18/h15-16,26H,2-14H2,1H3/t15-/m0/s1. The summed E-state index contributed by atoms with van der Waals surface area (Å²) in [4.78, 5) is 9.02. The fourth-order valence-electron chi connectivity index (χ4n) is 5.42. The van der Waals surface area contributed by atoms with E-state index in [2.05, 4.69) is 29.7 Å². The lowest BCUT2D eigenvalue weighted by Gasteiger charge is -2.46. The number of hydrogen-bond acceptors (Lipinski definition) is 7. The van der Waals surface area contributed by atoms with Gasteiger partial charge < -0.3 is 9.80 Å². The van der Waals surface area contributed by atoms with Crippen molar-refractivity contribution in [3.8, 4) is 0 Å². The molecular formula is C20H32Cl2N6O2S. The van der Waals surface area contributed by atoms with Gasteiger partial charge in [0.15, 0.2) is 11.0 Å². The second-order valence-corrected chi connectivity index (χ2v) is 12.1. The predicted molar refractivity (Wildman–Crippen MR) is 123 cm³/mol. The number of sulfonamides is 1. The molecule has 8 nitrogen and oxygen atoms in total. The van der Waals surface area contributed by atoms with Gasteiger partial charge in [-0.3, -0.25) is 0 Å². The van der Waals surface area contributed by atoms with Gasteiger partial charge in [-0.1, -0.05) is 11.6 Å². The van der Waals surface area contributed by atoms with Gasteiger partial charge in [0.05, 0.1) is 5.75 Å². The highest BCUT2D eigenvalue weighted by atomic mass is 35.5. The van der Waals surface area contributed by atoms with Gasteiger partial charge in [0.2, 0.25) is 15.3 Å². The summed E-state index contributed by atoms with van der Waals surface area (Å²) in [5.74, 6) is 1.38. The Morgan fingerprint density at radius 3 is 2.45 bits per heavy atom. The van der Waals surface area contributed by atoms with E-state index in [-0.39, 0.29) is 17.1 Å². The summed E-state index contributed by atoms with van der Waals surface area (Å²) in [6, 6.07) is 0.120. The quantitative estimate of drug-likeness (QED) is 0.654. The van der Waals surface area contributed by atoms with Crippen molar-refractivity contribution < 1.29 is 8.42 Å². The van der Waals surface area contributed by atoms with Gasteiger partial charge in [-0.15, -0.1) is 10.2 Å². The van der Waals surface area contributed by atoms with Gasteiger partial charge in [-0.05, 0) is 87.9 Å². The first kappa shape index (κ1) is 23.4. The largest absolute Gasteiger partial charge is 0.354 e. The second-order valence-electron chi connectivity index (χ2n) is 9.39. The molecule has 3 aliphatic rings. The number of piperidine rings is 1. The van der Waals surface area contributed by atoms with E-state index in [1.165, 1.54) is 12.8 Å². The van der Waals surface area contributed by atoms with Gasteiger partial charge in [0, 0.05) is 25.7 Å². The maximum atomic E-state index is 11.8. The molecule has 31 heavy (non-hydrogen) atoms. The number of nitrogens with one attached hydrogen (secondary N) is 1. The lowest BCUT2D eigenvalue weighted by molar-refractivity contribution is 0.0551. The Balaban J connectivity index is 1.23. The maximum Gasteiger partial charge on any atom is 0.245 e. The molecule has 4 rings (SSSR count). The number of rotatable bonds is 6. The van der Waals surface area contributed by atoms with Gasteiger partial charge in [-0.2, -0.15) is 4.98 Å². The summed E-state index contributed by atoms with van der Waals surface area (Å²) in [6.07, 6.45) is 7.74. The van der Waals surface area contributed by atoms with E-state index in [1.807, 2.05) is 0 Å². The lowest BCUT2D eigenvalue weighted by Crippen LogP contribution is -2.46. The topological polar surface area (TPSA) is 91.3 Å². The molecule has 0 bridgehead atoms. The highest BCUT2D eigenvalue weighted by molar-refractivity contribution is 7.89. The number of aromatic nitrogens is 3. The number of hydrogen-bond donors (Lipinski definition) is 1. The van der Waals surface area contributed by atoms with Crippen molar-refractivity contribution in [2.24, 2.45) is 11.3 Å². The van der Waals surface area contributed by atoms with Crippen molar-refractivity contribution in [1.82, 2.24) is 24.8 Å². The minimum absolute atomic E-state index is 0.120. The molecule has 1 aliphatic carbocycles. The molecule has 2 saturated heterocycles. The van der Waals surface area contributed by atoms with E-state index in [1.54, 1.807) is 6.92 Å². The number of likely N-dealkylation sites (tertiary alicyclic amines) is 1. The molecule has 0 unspecified atom stereocenters. The highest BCUT2D eigenvalue weighted by Crippen LogP contribution is 2.45. The Kier molecular flexibility index (Phi) is 7.28. The molecule has 1 spiro atoms. The predicted octanol–water partition coefficient (Wildman–Crippen LogP) is 2.97. The Labute approximate surface area is 195 Å². The first-order valence-corrected chi connectivity index (χ1v) is 13.7. The van der Waals surface area contributed by atoms with Crippen LogP contribution in [0.2, 0.25) is 10.4 Å². The summed E-state index contributed by atoms with van der Waals surface area (Å²) in [7, 11) is -3.10. The van der Waals surface area contributed by atoms with Crippen molar-refractivity contribution >= 4 is 39.0 Å². The van der Waals surface area contributed by atoms with Crippen LogP contribution in [0.5, 0.6) is 0 Å². The molecule has 0 aromatic carbocycles. The lowest BCUT2D eigenvalue weighted by atomic mass is 9.67. The maximum absolute atomic E-state index is 11.8. The van der Waals surface area contributed by atoms with Crippen molar-refractivity contribution in [3.05, 3.63) is 10.4 Å². The molecule has 2 aliphatic heterocycles. The molecule has 11 heteroatoms. The first-order valence-electron chi connectivity index (χ1n) is 11.3. The van der Waals surface area contributed by atoms with E-state index in [4.69, 9.17) is 23.2 Å². The second kappa shape index (κ2) is 9.63. The Morgan fingerprint density at radius 2 is 1.77 bits per heavy atom. The molecular weight excluding hydrogens is 459 g/mol. The Morgan fingerprint density at radius 1 is 1.06 bits per heavy atom. The number of anilines is 1. The average Bonchev–Trinajstić information content (AvgIpc) is 3.21. The smallest absolute Gasteiger partial charge is 0.245 e. The molecule has 1 aromatic rings. The van der Waals surface area contributed by atoms with E-state index in [0.717, 1.165) is 64.8 Å². The molecule has 0 amide bonds. The van der Waals surface area contributed by atoms with Crippen molar-refractivity contribution in [2.45, 2.75) is 57.9 Å². The molecule has 174 valence electrons. The number of halogens is 2. The minimum atomic E-state index is -3.10. The van der Waals surface area contributed by atoms with Gasteiger partial charge >= 0.3 is 0 Å². The van der Waals surface area contributed by atoms with Gasteiger partial charge in [-0.25, -0.2) is 13.1 Å². The van der Waals surface area contributed by atoms with Gasteiger partial charge in [0.25, 0.3) is 0 Å². The molecule has 1 aromatic heterocycles. The van der Waals surface area contributed by atoms with Crippen LogP contribution in [0.3, 0.4) is 0 Å². The Hall–Kier alpha value is -0.740. The molecule has 0 radical (unpaired) electrons. The van der Waals surface area contributed by atoms with E-state index in [0.29, 0.717) is 22.3 Å². The fraction of sp³-hybridized carbons (Fsp3) is 0.850. The molecule has 1 N–H and O–H groups in total. The van der Waals surface area contributed by atoms with Crippen molar-refractivity contribution in [3.63, 3.8) is 0 Å². The molecule has 1 atom stereocenters.